The van der Waals surface area contributed by atoms with Crippen molar-refractivity contribution in [1.82, 2.24) is 5.32 Å². The summed E-state index contributed by atoms with van der Waals surface area (Å²) >= 11 is 0. The van der Waals surface area contributed by atoms with Crippen LogP contribution in [0.3, 0.4) is 0 Å². The third-order valence-electron chi connectivity index (χ3n) is 3.16. The number of hydrogen-bond acceptors (Lipinski definition) is 4. The van der Waals surface area contributed by atoms with E-state index in [1.165, 1.54) is 5.56 Å². The lowest BCUT2D eigenvalue weighted by Gasteiger charge is -2.23. The Morgan fingerprint density at radius 1 is 1.44 bits per heavy atom. The molecule has 0 bridgehead atoms. The average molecular weight is 246 g/mol. The molecule has 4 nitrogen and oxygen atoms in total. The minimum atomic E-state index is 0.0903. The molecule has 96 valence electrons. The molecule has 1 fully saturated rings. The zero-order valence-electron chi connectivity index (χ0n) is 10.6. The van der Waals surface area contributed by atoms with Crippen LogP contribution in [0.25, 0.3) is 0 Å². The Bertz CT molecular complexity index is 416. The molecular weight excluding hydrogens is 228 g/mol. The van der Waals surface area contributed by atoms with Crippen molar-refractivity contribution in [2.24, 2.45) is 0 Å². The summed E-state index contributed by atoms with van der Waals surface area (Å²) in [5, 5.41) is 11.9. The minimum absolute atomic E-state index is 0.0903. The van der Waals surface area contributed by atoms with Crippen LogP contribution in [0.2, 0.25) is 0 Å². The summed E-state index contributed by atoms with van der Waals surface area (Å²) in [5.74, 6) is 0.732. The third kappa shape index (κ3) is 3.46. The Balaban J connectivity index is 1.84. The van der Waals surface area contributed by atoms with E-state index in [1.54, 1.807) is 0 Å². The van der Waals surface area contributed by atoms with Crippen molar-refractivity contribution in [3.63, 3.8) is 0 Å². The number of nitrogens with zero attached hydrogens (tertiary/aromatic N) is 1. The molecule has 1 aromatic carbocycles. The average Bonchev–Trinajstić information content (AvgIpc) is 2.83. The first-order valence-corrected chi connectivity index (χ1v) is 6.13. The highest BCUT2D eigenvalue weighted by Crippen LogP contribution is 2.19. The summed E-state index contributed by atoms with van der Waals surface area (Å²) in [6.07, 6.45) is 1.05. The predicted molar refractivity (Wildman–Crippen MR) is 68.2 cm³/mol. The molecule has 4 heteroatoms. The SMILES string of the molecule is CC1(NCc2ccc(OCC#N)cc2)CCOC1. The molecule has 0 aromatic heterocycles. The maximum absolute atomic E-state index is 8.42. The summed E-state index contributed by atoms with van der Waals surface area (Å²) in [6, 6.07) is 9.76. The van der Waals surface area contributed by atoms with Crippen LogP contribution in [-0.4, -0.2) is 25.4 Å². The molecule has 1 unspecified atom stereocenters. The summed E-state index contributed by atoms with van der Waals surface area (Å²) in [4.78, 5) is 0. The fraction of sp³-hybridized carbons (Fsp3) is 0.500. The first kappa shape index (κ1) is 12.9. The highest BCUT2D eigenvalue weighted by molar-refractivity contribution is 5.27. The molecule has 1 heterocycles. The van der Waals surface area contributed by atoms with E-state index in [2.05, 4.69) is 12.2 Å². The van der Waals surface area contributed by atoms with Gasteiger partial charge in [0.25, 0.3) is 0 Å². The molecule has 0 amide bonds. The van der Waals surface area contributed by atoms with E-state index in [-0.39, 0.29) is 12.1 Å². The summed E-state index contributed by atoms with van der Waals surface area (Å²) in [7, 11) is 0. The molecule has 1 saturated heterocycles. The molecule has 1 atom stereocenters. The van der Waals surface area contributed by atoms with Crippen molar-refractivity contribution < 1.29 is 9.47 Å². The molecule has 0 radical (unpaired) electrons. The van der Waals surface area contributed by atoms with Gasteiger partial charge >= 0.3 is 0 Å². The van der Waals surface area contributed by atoms with Gasteiger partial charge in [-0.25, -0.2) is 0 Å². The smallest absolute Gasteiger partial charge is 0.174 e. The molecule has 0 aliphatic carbocycles. The van der Waals surface area contributed by atoms with E-state index in [0.29, 0.717) is 0 Å². The Hall–Kier alpha value is -1.57. The van der Waals surface area contributed by atoms with E-state index in [1.807, 2.05) is 30.3 Å². The van der Waals surface area contributed by atoms with Crippen molar-refractivity contribution in [2.75, 3.05) is 19.8 Å². The van der Waals surface area contributed by atoms with Crippen LogP contribution >= 0.6 is 0 Å². The largest absolute Gasteiger partial charge is 0.479 e. The van der Waals surface area contributed by atoms with E-state index in [0.717, 1.165) is 31.9 Å². The highest BCUT2D eigenvalue weighted by Gasteiger charge is 2.28. The van der Waals surface area contributed by atoms with Gasteiger partial charge in [0.1, 0.15) is 11.8 Å². The van der Waals surface area contributed by atoms with Gasteiger partial charge in [-0.1, -0.05) is 12.1 Å². The number of ether oxygens (including phenoxy) is 2. The van der Waals surface area contributed by atoms with Gasteiger partial charge in [0.15, 0.2) is 6.61 Å². The van der Waals surface area contributed by atoms with Gasteiger partial charge in [0, 0.05) is 18.7 Å². The van der Waals surface area contributed by atoms with E-state index in [9.17, 15) is 0 Å². The molecule has 0 saturated carbocycles. The van der Waals surface area contributed by atoms with Crippen LogP contribution < -0.4 is 10.1 Å². The lowest BCUT2D eigenvalue weighted by atomic mass is 10.0. The van der Waals surface area contributed by atoms with Crippen LogP contribution in [0.4, 0.5) is 0 Å². The lowest BCUT2D eigenvalue weighted by Crippen LogP contribution is -2.42. The topological polar surface area (TPSA) is 54.3 Å². The molecule has 0 spiro atoms. The highest BCUT2D eigenvalue weighted by atomic mass is 16.5. The van der Waals surface area contributed by atoms with Crippen molar-refractivity contribution in [3.8, 4) is 11.8 Å². The number of hydrogen-bond donors (Lipinski definition) is 1. The summed E-state index contributed by atoms with van der Waals surface area (Å²) < 4.78 is 10.6. The number of benzene rings is 1. The maximum atomic E-state index is 8.42. The molecule has 18 heavy (non-hydrogen) atoms. The molecule has 1 aromatic rings. The quantitative estimate of drug-likeness (QED) is 0.861. The van der Waals surface area contributed by atoms with Gasteiger partial charge in [-0.05, 0) is 31.0 Å². The second-order valence-corrected chi connectivity index (χ2v) is 4.81. The third-order valence-corrected chi connectivity index (χ3v) is 3.16. The number of nitriles is 1. The van der Waals surface area contributed by atoms with Gasteiger partial charge < -0.3 is 14.8 Å². The number of rotatable bonds is 5. The van der Waals surface area contributed by atoms with Gasteiger partial charge in [0.05, 0.1) is 6.61 Å². The Kier molecular flexibility index (Phi) is 4.19. The Labute approximate surface area is 108 Å². The normalized spacial score (nSPS) is 22.7. The summed E-state index contributed by atoms with van der Waals surface area (Å²) in [6.45, 7) is 4.70. The molecular formula is C14H18N2O2. The number of nitrogens with one attached hydrogen (secondary N) is 1. The van der Waals surface area contributed by atoms with Gasteiger partial charge in [-0.3, -0.25) is 0 Å². The first-order valence-electron chi connectivity index (χ1n) is 6.13. The van der Waals surface area contributed by atoms with Crippen LogP contribution in [0.15, 0.2) is 24.3 Å². The van der Waals surface area contributed by atoms with E-state index in [4.69, 9.17) is 14.7 Å². The van der Waals surface area contributed by atoms with Crippen molar-refractivity contribution in [1.29, 1.82) is 5.26 Å². The second-order valence-electron chi connectivity index (χ2n) is 4.81. The molecule has 2 rings (SSSR count). The van der Waals surface area contributed by atoms with Crippen molar-refractivity contribution in [2.45, 2.75) is 25.4 Å². The lowest BCUT2D eigenvalue weighted by molar-refractivity contribution is 0.171. The minimum Gasteiger partial charge on any atom is -0.479 e. The monoisotopic (exact) mass is 246 g/mol. The fourth-order valence-electron chi connectivity index (χ4n) is 1.94. The van der Waals surface area contributed by atoms with Gasteiger partial charge in [-0.2, -0.15) is 5.26 Å². The summed E-state index contributed by atoms with van der Waals surface area (Å²) in [5.41, 5.74) is 1.29. The van der Waals surface area contributed by atoms with Gasteiger partial charge in [-0.15, -0.1) is 0 Å². The van der Waals surface area contributed by atoms with Crippen molar-refractivity contribution in [3.05, 3.63) is 29.8 Å². The predicted octanol–water partition coefficient (Wildman–Crippen LogP) is 1.86. The molecule has 1 N–H and O–H groups in total. The maximum Gasteiger partial charge on any atom is 0.174 e. The van der Waals surface area contributed by atoms with Crippen LogP contribution in [0.1, 0.15) is 18.9 Å². The van der Waals surface area contributed by atoms with Crippen LogP contribution in [-0.2, 0) is 11.3 Å². The van der Waals surface area contributed by atoms with Crippen LogP contribution in [0.5, 0.6) is 5.75 Å². The standard InChI is InChI=1S/C14H18N2O2/c1-14(6-8-17-11-14)16-10-12-2-4-13(5-3-12)18-9-7-15/h2-5,16H,6,8-11H2,1H3. The second kappa shape index (κ2) is 5.85. The zero-order chi connectivity index (χ0) is 12.8. The van der Waals surface area contributed by atoms with Gasteiger partial charge in [0.2, 0.25) is 0 Å². The van der Waals surface area contributed by atoms with E-state index < -0.39 is 0 Å². The molecule has 1 aliphatic rings. The Morgan fingerprint density at radius 2 is 2.22 bits per heavy atom. The Morgan fingerprint density at radius 3 is 2.83 bits per heavy atom. The first-order chi connectivity index (χ1) is 8.72. The van der Waals surface area contributed by atoms with E-state index >= 15 is 0 Å². The van der Waals surface area contributed by atoms with Crippen LogP contribution in [0, 0.1) is 11.3 Å². The molecule has 1 aliphatic heterocycles. The zero-order valence-corrected chi connectivity index (χ0v) is 10.6. The fourth-order valence-corrected chi connectivity index (χ4v) is 1.94. The van der Waals surface area contributed by atoms with Crippen molar-refractivity contribution >= 4 is 0 Å².